The Balaban J connectivity index is 3.54. The molecule has 0 heterocycles. The van der Waals surface area contributed by atoms with Gasteiger partial charge in [0.25, 0.3) is 0 Å². The lowest BCUT2D eigenvalue weighted by molar-refractivity contribution is -0.131. The van der Waals surface area contributed by atoms with Crippen LogP contribution in [0.5, 0.6) is 0 Å². The van der Waals surface area contributed by atoms with Gasteiger partial charge in [-0.25, -0.2) is 0 Å². The fourth-order valence-electron chi connectivity index (χ4n) is 10.0. The van der Waals surface area contributed by atoms with Gasteiger partial charge in [-0.1, -0.05) is 326 Å². The van der Waals surface area contributed by atoms with Crippen LogP contribution in [0, 0.1) is 0 Å². The minimum atomic E-state index is -1.11. The van der Waals surface area contributed by atoms with E-state index in [1.807, 2.05) is 6.08 Å². The molecule has 0 radical (unpaired) electrons. The van der Waals surface area contributed by atoms with Crippen LogP contribution >= 0.6 is 0 Å². The van der Waals surface area contributed by atoms with Gasteiger partial charge in [-0.2, -0.15) is 0 Å². The normalized spacial score (nSPS) is 13.4. The number of unbranched alkanes of at least 4 members (excludes halogenated alkanes) is 47. The zero-order valence-corrected chi connectivity index (χ0v) is 47.4. The smallest absolute Gasteiger partial charge is 0.249 e. The van der Waals surface area contributed by atoms with Crippen LogP contribution in [-0.2, 0) is 4.79 Å². The van der Waals surface area contributed by atoms with Gasteiger partial charge < -0.3 is 20.6 Å². The topological polar surface area (TPSA) is 89.8 Å². The van der Waals surface area contributed by atoms with Crippen LogP contribution in [0.4, 0.5) is 0 Å². The van der Waals surface area contributed by atoms with E-state index in [0.717, 1.165) is 38.5 Å². The molecule has 0 fully saturated rings. The summed E-state index contributed by atoms with van der Waals surface area (Å²) in [6.45, 7) is 4.22. The quantitative estimate of drug-likeness (QED) is 0.0361. The molecule has 0 aliphatic rings. The highest BCUT2D eigenvalue weighted by Crippen LogP contribution is 2.18. The predicted octanol–water partition coefficient (Wildman–Crippen LogP) is 20.2. The molecule has 0 saturated heterocycles. The van der Waals surface area contributed by atoms with Crippen molar-refractivity contribution in [3.8, 4) is 0 Å². The number of hydrogen-bond donors (Lipinski definition) is 4. The van der Waals surface area contributed by atoms with Crippen LogP contribution in [0.25, 0.3) is 0 Å². The largest absolute Gasteiger partial charge is 0.394 e. The molecule has 1 amide bonds. The summed E-state index contributed by atoms with van der Waals surface area (Å²) in [5, 5.41) is 33.4. The molecule has 0 spiro atoms. The van der Waals surface area contributed by atoms with Crippen LogP contribution < -0.4 is 5.32 Å². The maximum Gasteiger partial charge on any atom is 0.249 e. The van der Waals surface area contributed by atoms with E-state index in [2.05, 4.69) is 43.5 Å². The van der Waals surface area contributed by atoms with Crippen molar-refractivity contribution < 1.29 is 20.1 Å². The van der Waals surface area contributed by atoms with Crippen molar-refractivity contribution >= 4 is 5.91 Å². The number of nitrogens with one attached hydrogen (secondary N) is 1. The molecular formula is C65H125NO4. The number of carbonyl (C=O) groups excluding carboxylic acids is 1. The van der Waals surface area contributed by atoms with E-state index in [0.29, 0.717) is 6.42 Å². The van der Waals surface area contributed by atoms with E-state index >= 15 is 0 Å². The van der Waals surface area contributed by atoms with Crippen molar-refractivity contribution in [3.05, 3.63) is 36.5 Å². The Morgan fingerprint density at radius 1 is 0.343 bits per heavy atom. The first kappa shape index (κ1) is 68.6. The van der Waals surface area contributed by atoms with Gasteiger partial charge in [0.15, 0.2) is 0 Å². The third-order valence-electron chi connectivity index (χ3n) is 15.0. The third kappa shape index (κ3) is 54.3. The minimum absolute atomic E-state index is 0.374. The molecule has 0 aromatic carbocycles. The molecule has 3 atom stereocenters. The molecular weight excluding hydrogens is 859 g/mol. The number of amides is 1. The van der Waals surface area contributed by atoms with E-state index in [1.54, 1.807) is 6.08 Å². The Labute approximate surface area is 438 Å². The lowest BCUT2D eigenvalue weighted by atomic mass is 10.0. The average molecular weight is 985 g/mol. The highest BCUT2D eigenvalue weighted by Gasteiger charge is 2.22. The summed E-state index contributed by atoms with van der Waals surface area (Å²) in [5.41, 5.74) is 0. The monoisotopic (exact) mass is 984 g/mol. The first-order valence-electron chi connectivity index (χ1n) is 31.8. The van der Waals surface area contributed by atoms with Gasteiger partial charge in [-0.05, 0) is 57.8 Å². The van der Waals surface area contributed by atoms with Crippen LogP contribution in [0.1, 0.15) is 348 Å². The number of hydrogen-bond acceptors (Lipinski definition) is 4. The van der Waals surface area contributed by atoms with Crippen molar-refractivity contribution in [2.45, 2.75) is 366 Å². The van der Waals surface area contributed by atoms with Crippen molar-refractivity contribution in [1.29, 1.82) is 0 Å². The Morgan fingerprint density at radius 2 is 0.586 bits per heavy atom. The van der Waals surface area contributed by atoms with Gasteiger partial charge in [0.2, 0.25) is 5.91 Å². The standard InChI is InChI=1S/C65H125NO4/c1-3-5-7-9-11-13-15-17-19-21-23-25-27-29-30-31-32-33-34-35-36-38-40-42-44-46-48-50-52-54-56-58-60-64(69)65(70)66-62(61-67)63(68)59-57-55-53-51-49-47-45-43-41-39-37-28-26-24-22-20-18-16-14-12-10-8-6-4-2/h29-30,49,51,57,59,62-64,67-69H,3-28,31-48,50,52-56,58,60-61H2,1-2H3,(H,66,70)/b30-29-,51-49+,59-57+. The molecule has 0 bridgehead atoms. The van der Waals surface area contributed by atoms with E-state index in [1.165, 1.54) is 289 Å². The van der Waals surface area contributed by atoms with Crippen LogP contribution in [0.2, 0.25) is 0 Å². The minimum Gasteiger partial charge on any atom is -0.394 e. The summed E-state index contributed by atoms with van der Waals surface area (Å²) >= 11 is 0. The van der Waals surface area contributed by atoms with E-state index in [-0.39, 0.29) is 6.61 Å². The fourth-order valence-corrected chi connectivity index (χ4v) is 10.0. The average Bonchev–Trinajstić information content (AvgIpc) is 3.36. The molecule has 0 aliphatic heterocycles. The van der Waals surface area contributed by atoms with Gasteiger partial charge in [0.05, 0.1) is 18.8 Å². The Bertz CT molecular complexity index is 1090. The highest BCUT2D eigenvalue weighted by molar-refractivity contribution is 5.80. The number of allylic oxidation sites excluding steroid dienone is 5. The molecule has 0 aromatic rings. The van der Waals surface area contributed by atoms with Gasteiger partial charge in [-0.15, -0.1) is 0 Å². The van der Waals surface area contributed by atoms with Crippen LogP contribution in [0.15, 0.2) is 36.5 Å². The summed E-state index contributed by atoms with van der Waals surface area (Å²) in [7, 11) is 0. The molecule has 0 rings (SSSR count). The van der Waals surface area contributed by atoms with Crippen LogP contribution in [0.3, 0.4) is 0 Å². The second kappa shape index (κ2) is 60.1. The van der Waals surface area contributed by atoms with Gasteiger partial charge >= 0.3 is 0 Å². The Morgan fingerprint density at radius 3 is 0.871 bits per heavy atom. The molecule has 5 nitrogen and oxygen atoms in total. The molecule has 0 aromatic heterocycles. The van der Waals surface area contributed by atoms with E-state index in [9.17, 15) is 20.1 Å². The van der Waals surface area contributed by atoms with Crippen molar-refractivity contribution in [2.24, 2.45) is 0 Å². The molecule has 0 saturated carbocycles. The van der Waals surface area contributed by atoms with E-state index in [4.69, 9.17) is 0 Å². The maximum absolute atomic E-state index is 12.6. The highest BCUT2D eigenvalue weighted by atomic mass is 16.3. The molecule has 5 heteroatoms. The molecule has 414 valence electrons. The summed E-state index contributed by atoms with van der Waals surface area (Å²) in [4.78, 5) is 12.6. The Kier molecular flexibility index (Phi) is 58.9. The van der Waals surface area contributed by atoms with E-state index < -0.39 is 24.2 Å². The zero-order chi connectivity index (χ0) is 50.7. The number of carbonyl (C=O) groups is 1. The molecule has 70 heavy (non-hydrogen) atoms. The molecule has 3 unspecified atom stereocenters. The van der Waals surface area contributed by atoms with Gasteiger partial charge in [-0.3, -0.25) is 4.79 Å². The second-order valence-corrected chi connectivity index (χ2v) is 22.0. The summed E-state index contributed by atoms with van der Waals surface area (Å²) in [6, 6.07) is -0.815. The van der Waals surface area contributed by atoms with Crippen molar-refractivity contribution in [2.75, 3.05) is 6.61 Å². The molecule has 4 N–H and O–H groups in total. The second-order valence-electron chi connectivity index (χ2n) is 22.0. The van der Waals surface area contributed by atoms with Gasteiger partial charge in [0.1, 0.15) is 6.10 Å². The fraction of sp³-hybridized carbons (Fsp3) is 0.892. The van der Waals surface area contributed by atoms with Gasteiger partial charge in [0, 0.05) is 0 Å². The third-order valence-corrected chi connectivity index (χ3v) is 15.0. The maximum atomic E-state index is 12.6. The first-order chi connectivity index (χ1) is 34.6. The SMILES string of the molecule is CCCCCCCCCCCCCC/C=C\CCCCCCCCCCCCCCCCCCC(O)C(=O)NC(CO)C(O)/C=C/CC/C=C/CCCCCCCCCCCCCCCCCCCC. The zero-order valence-electron chi connectivity index (χ0n) is 47.4. The number of aliphatic hydroxyl groups is 3. The number of aliphatic hydroxyl groups excluding tert-OH is 3. The summed E-state index contributed by atoms with van der Waals surface area (Å²) < 4.78 is 0. The first-order valence-corrected chi connectivity index (χ1v) is 31.8. The lowest BCUT2D eigenvalue weighted by Crippen LogP contribution is -2.48. The van der Waals surface area contributed by atoms with Crippen molar-refractivity contribution in [3.63, 3.8) is 0 Å². The number of rotatable bonds is 59. The Hall–Kier alpha value is -1.43. The summed E-state index contributed by atoms with van der Waals surface area (Å²) in [5.74, 6) is -0.507. The van der Waals surface area contributed by atoms with Crippen molar-refractivity contribution in [1.82, 2.24) is 5.32 Å². The molecule has 0 aliphatic carbocycles. The predicted molar refractivity (Wildman–Crippen MR) is 310 cm³/mol. The summed E-state index contributed by atoms with van der Waals surface area (Å²) in [6.07, 6.45) is 79.8. The lowest BCUT2D eigenvalue weighted by Gasteiger charge is -2.21. The van der Waals surface area contributed by atoms with Crippen LogP contribution in [-0.4, -0.2) is 46.1 Å².